The summed E-state index contributed by atoms with van der Waals surface area (Å²) < 4.78 is 3.64. The van der Waals surface area contributed by atoms with E-state index in [0.29, 0.717) is 6.04 Å². The van der Waals surface area contributed by atoms with Crippen molar-refractivity contribution in [3.63, 3.8) is 0 Å². The Balaban J connectivity index is 2.53. The van der Waals surface area contributed by atoms with Gasteiger partial charge in [0.1, 0.15) is 0 Å². The minimum atomic E-state index is -1.04. The summed E-state index contributed by atoms with van der Waals surface area (Å²) in [6.07, 6.45) is 1.77. The Hall–Kier alpha value is -0.590. The fourth-order valence-electron chi connectivity index (χ4n) is 1.69. The van der Waals surface area contributed by atoms with Gasteiger partial charge >= 0.3 is 97.7 Å². The molecule has 0 radical (unpaired) electrons. The number of imidazole rings is 1. The number of alkyl halides is 2. The van der Waals surface area contributed by atoms with Gasteiger partial charge in [-0.25, -0.2) is 0 Å². The number of nitrogens with zero attached hydrogens (tertiary/aromatic N) is 3. The first-order valence-corrected chi connectivity index (χ1v) is 10.4. The average molecular weight is 320 g/mol. The van der Waals surface area contributed by atoms with Crippen LogP contribution in [0.15, 0.2) is 4.99 Å². The van der Waals surface area contributed by atoms with Crippen LogP contribution in [0.25, 0.3) is 0 Å². The Morgan fingerprint density at radius 2 is 2.20 bits per heavy atom. The summed E-state index contributed by atoms with van der Waals surface area (Å²) in [5, 5.41) is 3.22. The molecule has 0 bridgehead atoms. The number of aliphatic imine (C=N–C) groups is 1. The second kappa shape index (κ2) is 4.11. The van der Waals surface area contributed by atoms with Gasteiger partial charge in [0.15, 0.2) is 0 Å². The molecule has 1 N–H and O–H groups in total. The van der Waals surface area contributed by atoms with Crippen LogP contribution in [0.1, 0.15) is 25.6 Å². The third-order valence-electron chi connectivity index (χ3n) is 2.33. The molecule has 2 heterocycles. The van der Waals surface area contributed by atoms with Crippen molar-refractivity contribution in [1.82, 2.24) is 9.55 Å². The molecule has 1 aromatic rings. The maximum atomic E-state index is 4.73. The van der Waals surface area contributed by atoms with Gasteiger partial charge in [0.05, 0.1) is 0 Å². The van der Waals surface area contributed by atoms with Crippen molar-refractivity contribution < 1.29 is 0 Å². The summed E-state index contributed by atoms with van der Waals surface area (Å²) in [5.41, 5.74) is 1.10. The summed E-state index contributed by atoms with van der Waals surface area (Å²) in [4.78, 5) is 13.6. The van der Waals surface area contributed by atoms with Crippen molar-refractivity contribution in [3.05, 3.63) is 9.53 Å². The number of aromatic nitrogens is 2. The third kappa shape index (κ3) is 1.89. The van der Waals surface area contributed by atoms with Gasteiger partial charge in [-0.2, -0.15) is 0 Å². The molecule has 2 rings (SSSR count). The molecule has 4 nitrogen and oxygen atoms in total. The molecule has 5 heteroatoms. The van der Waals surface area contributed by atoms with Crippen molar-refractivity contribution in [2.75, 3.05) is 15.2 Å². The Labute approximate surface area is 97.6 Å². The van der Waals surface area contributed by atoms with E-state index >= 15 is 0 Å². The van der Waals surface area contributed by atoms with Crippen LogP contribution in [-0.2, 0) is 6.54 Å². The van der Waals surface area contributed by atoms with E-state index in [1.807, 2.05) is 0 Å². The number of hydrogen-bond donors (Lipinski definition) is 1. The molecule has 0 saturated heterocycles. The second-order valence-corrected chi connectivity index (χ2v) is 9.29. The number of anilines is 1. The van der Waals surface area contributed by atoms with Crippen LogP contribution in [0.5, 0.6) is 0 Å². The molecule has 0 fully saturated rings. The monoisotopic (exact) mass is 320 g/mol. The van der Waals surface area contributed by atoms with Gasteiger partial charge in [-0.1, -0.05) is 0 Å². The van der Waals surface area contributed by atoms with Crippen molar-refractivity contribution in [2.45, 2.75) is 26.4 Å². The quantitative estimate of drug-likeness (QED) is 0.671. The molecule has 0 amide bonds. The van der Waals surface area contributed by atoms with Gasteiger partial charge in [0, 0.05) is 0 Å². The van der Waals surface area contributed by atoms with Crippen LogP contribution in [0.2, 0.25) is 0 Å². The van der Waals surface area contributed by atoms with Gasteiger partial charge in [-0.15, -0.1) is 0 Å². The summed E-state index contributed by atoms with van der Waals surface area (Å²) >= 11 is -1.04. The van der Waals surface area contributed by atoms with Gasteiger partial charge in [0.2, 0.25) is 0 Å². The van der Waals surface area contributed by atoms with E-state index in [0.717, 1.165) is 18.1 Å². The van der Waals surface area contributed by atoms with Crippen LogP contribution in [0.3, 0.4) is 0 Å². The van der Waals surface area contributed by atoms with Crippen molar-refractivity contribution in [3.8, 4) is 0 Å². The number of nitrogens with one attached hydrogen (secondary N) is 1. The van der Waals surface area contributed by atoms with Crippen molar-refractivity contribution in [2.24, 2.45) is 4.99 Å². The number of fused-ring (bicyclic) bond motifs is 1. The van der Waals surface area contributed by atoms with Crippen molar-refractivity contribution >= 4 is 32.0 Å². The normalized spacial score (nSPS) is 15.1. The Bertz CT molecular complexity index is 392. The van der Waals surface area contributed by atoms with Gasteiger partial charge in [-0.05, 0) is 0 Å². The van der Waals surface area contributed by atoms with Crippen LogP contribution in [0, 0.1) is 3.83 Å². The molecule has 0 spiro atoms. The first kappa shape index (κ1) is 10.9. The molecule has 0 unspecified atom stereocenters. The first-order valence-electron chi connectivity index (χ1n) is 4.97. The van der Waals surface area contributed by atoms with Crippen LogP contribution in [0.4, 0.5) is 5.82 Å². The fourth-order valence-corrected chi connectivity index (χ4v) is 4.30. The number of hydrogen-bond acceptors (Lipinski definition) is 3. The van der Waals surface area contributed by atoms with E-state index in [2.05, 4.69) is 38.6 Å². The van der Waals surface area contributed by atoms with Gasteiger partial charge < -0.3 is 0 Å². The molecule has 0 aromatic carbocycles. The zero-order chi connectivity index (χ0) is 11.0. The topological polar surface area (TPSA) is 42.2 Å². The summed E-state index contributed by atoms with van der Waals surface area (Å²) in [6.45, 7) is 5.14. The maximum absolute atomic E-state index is 4.73. The van der Waals surface area contributed by atoms with Crippen LogP contribution in [-0.4, -0.2) is 25.8 Å². The van der Waals surface area contributed by atoms with E-state index in [4.69, 9.17) is 4.98 Å². The van der Waals surface area contributed by atoms with Crippen LogP contribution < -0.4 is 5.32 Å². The average Bonchev–Trinajstić information content (AvgIpc) is 2.56. The molecule has 1 aromatic heterocycles. The summed E-state index contributed by atoms with van der Waals surface area (Å²) in [7, 11) is 0. The zero-order valence-corrected chi connectivity index (χ0v) is 11.7. The predicted molar refractivity (Wildman–Crippen MR) is 73.0 cm³/mol. The zero-order valence-electron chi connectivity index (χ0n) is 9.58. The third-order valence-corrected chi connectivity index (χ3v) is 5.02. The number of halogens is 1. The Morgan fingerprint density at radius 3 is 2.80 bits per heavy atom. The van der Waals surface area contributed by atoms with Crippen LogP contribution >= 0.6 is 19.8 Å². The molecule has 0 saturated carbocycles. The van der Waals surface area contributed by atoms with E-state index < -0.39 is 19.8 Å². The fraction of sp³-hybridized carbons (Fsp3) is 0.600. The molecule has 15 heavy (non-hydrogen) atoms. The molecule has 0 aliphatic carbocycles. The first-order chi connectivity index (χ1) is 7.11. The molecular formula is C10H17IN4. The van der Waals surface area contributed by atoms with Gasteiger partial charge in [-0.3, -0.25) is 0 Å². The predicted octanol–water partition coefficient (Wildman–Crippen LogP) is 2.35. The van der Waals surface area contributed by atoms with Gasteiger partial charge in [0.25, 0.3) is 0 Å². The van der Waals surface area contributed by atoms with E-state index in [1.54, 1.807) is 6.34 Å². The Kier molecular flexibility index (Phi) is 2.99. The second-order valence-electron chi connectivity index (χ2n) is 4.01. The summed E-state index contributed by atoms with van der Waals surface area (Å²) in [6, 6.07) is 0.468. The van der Waals surface area contributed by atoms with E-state index in [9.17, 15) is 0 Å². The summed E-state index contributed by atoms with van der Waals surface area (Å²) in [5.74, 6) is 1.15. The standard InChI is InChI=1S/C10H17IN4/c1-7(2)15-9-8(5-12-6-13-9)14-10(15)11(3)4/h6-7H,5H2,1-4H3,(H,12,13). The van der Waals surface area contributed by atoms with Crippen molar-refractivity contribution in [1.29, 1.82) is 0 Å². The van der Waals surface area contributed by atoms with E-state index in [-0.39, 0.29) is 0 Å². The SMILES string of the molecule is CC(C)n1c(I(C)C)nc2c1NC=NC2. The molecule has 0 atom stereocenters. The van der Waals surface area contributed by atoms with E-state index in [1.165, 1.54) is 3.83 Å². The molecule has 1 aliphatic rings. The molecular weight excluding hydrogens is 303 g/mol. The molecule has 84 valence electrons. The molecule has 1 aliphatic heterocycles. The Morgan fingerprint density at radius 1 is 1.47 bits per heavy atom. The minimum absolute atomic E-state index is 0.468. The number of rotatable bonds is 2.